The van der Waals surface area contributed by atoms with Crippen LogP contribution in [0.1, 0.15) is 0 Å². The molecule has 1 heterocycles. The second-order valence-corrected chi connectivity index (χ2v) is 4.54. The number of ether oxygens (including phenoxy) is 2. The highest BCUT2D eigenvalue weighted by Crippen LogP contribution is 2.27. The van der Waals surface area contributed by atoms with Crippen molar-refractivity contribution in [3.05, 3.63) is 36.4 Å². The van der Waals surface area contributed by atoms with Crippen molar-refractivity contribution in [1.29, 1.82) is 0 Å². The molecule has 0 radical (unpaired) electrons. The van der Waals surface area contributed by atoms with E-state index in [1.54, 1.807) is 7.11 Å². The lowest BCUT2D eigenvalue weighted by molar-refractivity contribution is -0.134. The maximum atomic E-state index is 9.59. The molecule has 126 valence electrons. The molecule has 1 aromatic rings. The van der Waals surface area contributed by atoms with Gasteiger partial charge in [0.15, 0.2) is 11.5 Å². The average Bonchev–Trinajstić information content (AvgIpc) is 2.92. The van der Waals surface area contributed by atoms with Gasteiger partial charge in [0.05, 0.1) is 7.11 Å². The fourth-order valence-electron chi connectivity index (χ4n) is 1.78. The van der Waals surface area contributed by atoms with E-state index in [0.717, 1.165) is 0 Å². The summed E-state index contributed by atoms with van der Waals surface area (Å²) in [5.74, 6) is -1.15. The summed E-state index contributed by atoms with van der Waals surface area (Å²) in [7, 11) is 1.60. The molecule has 0 aliphatic carbocycles. The number of hydrogen-bond donors (Lipinski definition) is 4. The second kappa shape index (κ2) is 9.44. The van der Waals surface area contributed by atoms with E-state index in [1.807, 2.05) is 24.3 Å². The molecule has 1 aliphatic heterocycles. The van der Waals surface area contributed by atoms with Crippen LogP contribution in [0.3, 0.4) is 0 Å². The molecule has 2 rings (SSSR count). The molecular formula is C15H19NO7. The maximum Gasteiger partial charge on any atom is 0.328 e. The highest BCUT2D eigenvalue weighted by atomic mass is 16.5. The second-order valence-electron chi connectivity index (χ2n) is 4.54. The molecule has 4 N–H and O–H groups in total. The van der Waals surface area contributed by atoms with Crippen LogP contribution in [0.2, 0.25) is 0 Å². The van der Waals surface area contributed by atoms with E-state index < -0.39 is 18.0 Å². The highest BCUT2D eigenvalue weighted by Gasteiger charge is 2.27. The molecular weight excluding hydrogens is 306 g/mol. The van der Waals surface area contributed by atoms with Gasteiger partial charge in [-0.15, -0.1) is 0 Å². The zero-order valence-corrected chi connectivity index (χ0v) is 12.5. The van der Waals surface area contributed by atoms with Crippen LogP contribution in [0.25, 0.3) is 0 Å². The van der Waals surface area contributed by atoms with Crippen LogP contribution in [0.15, 0.2) is 36.4 Å². The van der Waals surface area contributed by atoms with Crippen LogP contribution in [0.5, 0.6) is 11.5 Å². The Bertz CT molecular complexity index is 543. The lowest BCUT2D eigenvalue weighted by Crippen LogP contribution is -2.29. The lowest BCUT2D eigenvalue weighted by atomic mass is 10.2. The van der Waals surface area contributed by atoms with Crippen LogP contribution >= 0.6 is 0 Å². The third-order valence-corrected chi connectivity index (χ3v) is 2.84. The minimum absolute atomic E-state index is 0.193. The molecule has 1 aromatic carbocycles. The van der Waals surface area contributed by atoms with Crippen molar-refractivity contribution in [3.8, 4) is 11.5 Å². The zero-order chi connectivity index (χ0) is 17.2. The maximum absolute atomic E-state index is 9.59. The van der Waals surface area contributed by atoms with Crippen LogP contribution in [0, 0.1) is 0 Å². The third kappa shape index (κ3) is 6.81. The molecule has 0 aromatic heterocycles. The first-order chi connectivity index (χ1) is 10.9. The molecule has 8 heteroatoms. The predicted octanol–water partition coefficient (Wildman–Crippen LogP) is 0.119. The van der Waals surface area contributed by atoms with Crippen molar-refractivity contribution in [2.24, 2.45) is 0 Å². The third-order valence-electron chi connectivity index (χ3n) is 2.84. The minimum atomic E-state index is -1.26. The topological polar surface area (TPSA) is 125 Å². The summed E-state index contributed by atoms with van der Waals surface area (Å²) < 4.78 is 10.8. The molecule has 8 nitrogen and oxygen atoms in total. The van der Waals surface area contributed by atoms with Gasteiger partial charge in [0.1, 0.15) is 12.2 Å². The largest absolute Gasteiger partial charge is 0.493 e. The van der Waals surface area contributed by atoms with Gasteiger partial charge < -0.3 is 30.1 Å². The quantitative estimate of drug-likeness (QED) is 0.563. The average molecular weight is 325 g/mol. The van der Waals surface area contributed by atoms with Crippen molar-refractivity contribution < 1.29 is 34.4 Å². The number of β-amino-alcohol motifs (C(OH)–C–C–N with tert-alkyl or cyclic N) is 1. The van der Waals surface area contributed by atoms with E-state index in [9.17, 15) is 14.7 Å². The number of nitrogens with one attached hydrogen (secondary N) is 1. The van der Waals surface area contributed by atoms with Gasteiger partial charge in [0, 0.05) is 25.2 Å². The predicted molar refractivity (Wildman–Crippen MR) is 80.7 cm³/mol. The molecule has 1 saturated heterocycles. The SMILES string of the molecule is COc1ccccc1OC1CNCC1O.O=C(O)C=CC(=O)O. The van der Waals surface area contributed by atoms with Gasteiger partial charge in [0.2, 0.25) is 0 Å². The molecule has 23 heavy (non-hydrogen) atoms. The van der Waals surface area contributed by atoms with Crippen LogP contribution in [-0.2, 0) is 9.59 Å². The lowest BCUT2D eigenvalue weighted by Gasteiger charge is -2.17. The first-order valence-electron chi connectivity index (χ1n) is 6.76. The summed E-state index contributed by atoms with van der Waals surface area (Å²) in [6.45, 7) is 1.25. The molecule has 0 amide bonds. The number of aliphatic hydroxyl groups is 1. The fourth-order valence-corrected chi connectivity index (χ4v) is 1.78. The van der Waals surface area contributed by atoms with Crippen molar-refractivity contribution in [2.75, 3.05) is 20.2 Å². The normalized spacial score (nSPS) is 19.7. The minimum Gasteiger partial charge on any atom is -0.493 e. The molecule has 0 spiro atoms. The van der Waals surface area contributed by atoms with Gasteiger partial charge in [-0.3, -0.25) is 0 Å². The van der Waals surface area contributed by atoms with Crippen LogP contribution < -0.4 is 14.8 Å². The van der Waals surface area contributed by atoms with Gasteiger partial charge >= 0.3 is 11.9 Å². The number of para-hydroxylation sites is 2. The number of carboxylic acids is 2. The molecule has 0 saturated carbocycles. The Morgan fingerprint density at radius 3 is 2.13 bits per heavy atom. The Kier molecular flexibility index (Phi) is 7.58. The fraction of sp³-hybridized carbons (Fsp3) is 0.333. The Hall–Kier alpha value is -2.58. The molecule has 1 aliphatic rings. The molecule has 2 unspecified atom stereocenters. The molecule has 2 atom stereocenters. The van der Waals surface area contributed by atoms with E-state index in [2.05, 4.69) is 5.32 Å². The number of hydrogen-bond acceptors (Lipinski definition) is 6. The Balaban J connectivity index is 0.000000284. The molecule has 0 bridgehead atoms. The number of carboxylic acid groups (broad SMARTS) is 2. The Morgan fingerprint density at radius 1 is 1.13 bits per heavy atom. The smallest absolute Gasteiger partial charge is 0.328 e. The summed E-state index contributed by atoms with van der Waals surface area (Å²) >= 11 is 0. The van der Waals surface area contributed by atoms with E-state index >= 15 is 0 Å². The molecule has 1 fully saturated rings. The number of aliphatic carboxylic acids is 2. The monoisotopic (exact) mass is 325 g/mol. The highest BCUT2D eigenvalue weighted by molar-refractivity contribution is 5.89. The van der Waals surface area contributed by atoms with E-state index in [0.29, 0.717) is 36.7 Å². The number of aliphatic hydroxyl groups excluding tert-OH is 1. The summed E-state index contributed by atoms with van der Waals surface area (Å²) in [4.78, 5) is 19.1. The van der Waals surface area contributed by atoms with Crippen molar-refractivity contribution in [2.45, 2.75) is 12.2 Å². The van der Waals surface area contributed by atoms with Gasteiger partial charge in [0.25, 0.3) is 0 Å². The number of carbonyl (C=O) groups is 2. The van der Waals surface area contributed by atoms with E-state index in [1.165, 1.54) is 0 Å². The van der Waals surface area contributed by atoms with E-state index in [4.69, 9.17) is 19.7 Å². The summed E-state index contributed by atoms with van der Waals surface area (Å²) in [5, 5.41) is 28.3. The Morgan fingerprint density at radius 2 is 1.70 bits per heavy atom. The van der Waals surface area contributed by atoms with Gasteiger partial charge in [-0.25, -0.2) is 9.59 Å². The van der Waals surface area contributed by atoms with Crippen molar-refractivity contribution in [1.82, 2.24) is 5.32 Å². The van der Waals surface area contributed by atoms with Gasteiger partial charge in [-0.05, 0) is 12.1 Å². The summed E-state index contributed by atoms with van der Waals surface area (Å²) in [5.41, 5.74) is 0. The van der Waals surface area contributed by atoms with Crippen LogP contribution in [-0.4, -0.2) is 59.7 Å². The zero-order valence-electron chi connectivity index (χ0n) is 12.5. The van der Waals surface area contributed by atoms with Crippen molar-refractivity contribution >= 4 is 11.9 Å². The van der Waals surface area contributed by atoms with Crippen molar-refractivity contribution in [3.63, 3.8) is 0 Å². The number of rotatable bonds is 5. The Labute approximate surface area is 133 Å². The van der Waals surface area contributed by atoms with Gasteiger partial charge in [-0.1, -0.05) is 12.1 Å². The van der Waals surface area contributed by atoms with E-state index in [-0.39, 0.29) is 6.10 Å². The first kappa shape index (κ1) is 18.5. The summed E-state index contributed by atoms with van der Waals surface area (Å²) in [6, 6.07) is 7.44. The van der Waals surface area contributed by atoms with Gasteiger partial charge in [-0.2, -0.15) is 0 Å². The number of methoxy groups -OCH3 is 1. The summed E-state index contributed by atoms with van der Waals surface area (Å²) in [6.07, 6.45) is 0.473. The number of benzene rings is 1. The standard InChI is InChI=1S/C11H15NO3.C4H4O4/c1-14-9-4-2-3-5-10(9)15-11-7-12-6-8(11)13;5-3(6)1-2-4(7)8/h2-5,8,11-13H,6-7H2,1H3;1-2H,(H,5,6)(H,7,8). The van der Waals surface area contributed by atoms with Crippen LogP contribution in [0.4, 0.5) is 0 Å². The first-order valence-corrected chi connectivity index (χ1v) is 6.76.